The summed E-state index contributed by atoms with van der Waals surface area (Å²) in [5.74, 6) is 0.467. The zero-order valence-electron chi connectivity index (χ0n) is 11.3. The third-order valence-electron chi connectivity index (χ3n) is 2.84. The molecule has 0 aliphatic rings. The van der Waals surface area contributed by atoms with Crippen molar-refractivity contribution >= 4 is 5.91 Å². The third-order valence-corrected chi connectivity index (χ3v) is 2.84. The van der Waals surface area contributed by atoms with Gasteiger partial charge in [0.05, 0.1) is 13.2 Å². The van der Waals surface area contributed by atoms with E-state index in [1.807, 2.05) is 24.3 Å². The van der Waals surface area contributed by atoms with Crippen molar-refractivity contribution in [1.82, 2.24) is 5.32 Å². The SMILES string of the molecule is COc1cccc(C(O)CNCCCCC(N)=O)c1. The molecule has 0 aromatic heterocycles. The summed E-state index contributed by atoms with van der Waals surface area (Å²) in [6.45, 7) is 1.23. The van der Waals surface area contributed by atoms with Gasteiger partial charge in [-0.15, -0.1) is 0 Å². The van der Waals surface area contributed by atoms with Crippen molar-refractivity contribution in [2.45, 2.75) is 25.4 Å². The van der Waals surface area contributed by atoms with Crippen LogP contribution in [0, 0.1) is 0 Å². The van der Waals surface area contributed by atoms with Gasteiger partial charge in [-0.1, -0.05) is 12.1 Å². The number of hydrogen-bond donors (Lipinski definition) is 3. The van der Waals surface area contributed by atoms with Crippen LogP contribution in [0.2, 0.25) is 0 Å². The Balaban J connectivity index is 2.23. The molecule has 0 bridgehead atoms. The highest BCUT2D eigenvalue weighted by Crippen LogP contribution is 2.18. The van der Waals surface area contributed by atoms with Gasteiger partial charge in [-0.25, -0.2) is 0 Å². The van der Waals surface area contributed by atoms with Crippen LogP contribution in [0.4, 0.5) is 0 Å². The van der Waals surface area contributed by atoms with Gasteiger partial charge in [0.25, 0.3) is 0 Å². The molecule has 5 heteroatoms. The number of nitrogens with two attached hydrogens (primary N) is 1. The van der Waals surface area contributed by atoms with Gasteiger partial charge in [0.2, 0.25) is 5.91 Å². The molecule has 1 aromatic carbocycles. The van der Waals surface area contributed by atoms with Crippen molar-refractivity contribution in [2.75, 3.05) is 20.2 Å². The highest BCUT2D eigenvalue weighted by Gasteiger charge is 2.07. The van der Waals surface area contributed by atoms with Crippen LogP contribution in [-0.2, 0) is 4.79 Å². The highest BCUT2D eigenvalue weighted by molar-refractivity contribution is 5.73. The number of carbonyl (C=O) groups excluding carboxylic acids is 1. The second-order valence-corrected chi connectivity index (χ2v) is 4.42. The Hall–Kier alpha value is -1.59. The summed E-state index contributed by atoms with van der Waals surface area (Å²) in [6.07, 6.45) is 1.50. The molecule has 106 valence electrons. The van der Waals surface area contributed by atoms with Gasteiger partial charge in [-0.05, 0) is 37.1 Å². The Labute approximate surface area is 113 Å². The van der Waals surface area contributed by atoms with Crippen molar-refractivity contribution in [3.63, 3.8) is 0 Å². The molecule has 1 atom stereocenters. The minimum atomic E-state index is -0.564. The second kappa shape index (κ2) is 8.50. The van der Waals surface area contributed by atoms with E-state index >= 15 is 0 Å². The lowest BCUT2D eigenvalue weighted by molar-refractivity contribution is -0.118. The molecule has 1 unspecified atom stereocenters. The maximum absolute atomic E-state index is 10.5. The molecule has 19 heavy (non-hydrogen) atoms. The lowest BCUT2D eigenvalue weighted by Crippen LogP contribution is -2.23. The monoisotopic (exact) mass is 266 g/mol. The first-order chi connectivity index (χ1) is 9.13. The molecular formula is C14H22N2O3. The number of amides is 1. The first-order valence-corrected chi connectivity index (χ1v) is 6.44. The molecule has 0 aliphatic heterocycles. The maximum atomic E-state index is 10.5. The average Bonchev–Trinajstić information content (AvgIpc) is 2.42. The Morgan fingerprint density at radius 3 is 2.95 bits per heavy atom. The summed E-state index contributed by atoms with van der Waals surface area (Å²) in [5, 5.41) is 13.1. The number of methoxy groups -OCH3 is 1. The smallest absolute Gasteiger partial charge is 0.217 e. The zero-order chi connectivity index (χ0) is 14.1. The van der Waals surface area contributed by atoms with Gasteiger partial charge in [-0.2, -0.15) is 0 Å². The van der Waals surface area contributed by atoms with E-state index in [9.17, 15) is 9.90 Å². The molecule has 0 aliphatic carbocycles. The molecule has 1 amide bonds. The summed E-state index contributed by atoms with van der Waals surface area (Å²) in [5.41, 5.74) is 5.87. The number of unbranched alkanes of at least 4 members (excludes halogenated alkanes) is 1. The van der Waals surface area contributed by atoms with Crippen molar-refractivity contribution in [2.24, 2.45) is 5.73 Å². The van der Waals surface area contributed by atoms with E-state index in [0.29, 0.717) is 13.0 Å². The molecule has 1 aromatic rings. The molecule has 0 fully saturated rings. The molecule has 1 rings (SSSR count). The quantitative estimate of drug-likeness (QED) is 0.582. The lowest BCUT2D eigenvalue weighted by atomic mass is 10.1. The van der Waals surface area contributed by atoms with Crippen LogP contribution in [0.1, 0.15) is 30.9 Å². The van der Waals surface area contributed by atoms with Crippen molar-refractivity contribution in [3.8, 4) is 5.75 Å². The van der Waals surface area contributed by atoms with Gasteiger partial charge in [0, 0.05) is 13.0 Å². The summed E-state index contributed by atoms with van der Waals surface area (Å²) in [4.78, 5) is 10.5. The van der Waals surface area contributed by atoms with E-state index in [1.54, 1.807) is 7.11 Å². The molecule has 0 spiro atoms. The fourth-order valence-corrected chi connectivity index (χ4v) is 1.75. The normalized spacial score (nSPS) is 12.1. The van der Waals surface area contributed by atoms with Gasteiger partial charge >= 0.3 is 0 Å². The summed E-state index contributed by atoms with van der Waals surface area (Å²) >= 11 is 0. The molecule has 0 heterocycles. The molecule has 5 nitrogen and oxygen atoms in total. The van der Waals surface area contributed by atoms with E-state index in [0.717, 1.165) is 30.7 Å². The fraction of sp³-hybridized carbons (Fsp3) is 0.500. The van der Waals surface area contributed by atoms with Gasteiger partial charge in [-0.3, -0.25) is 4.79 Å². The van der Waals surface area contributed by atoms with Crippen LogP contribution in [-0.4, -0.2) is 31.2 Å². The fourth-order valence-electron chi connectivity index (χ4n) is 1.75. The van der Waals surface area contributed by atoms with Crippen LogP contribution >= 0.6 is 0 Å². The van der Waals surface area contributed by atoms with E-state index in [-0.39, 0.29) is 5.91 Å². The summed E-state index contributed by atoms with van der Waals surface area (Å²) in [6, 6.07) is 7.37. The predicted octanol–water partition coefficient (Wildman–Crippen LogP) is 0.974. The number of benzene rings is 1. The average molecular weight is 266 g/mol. The van der Waals surface area contributed by atoms with Crippen LogP contribution < -0.4 is 15.8 Å². The van der Waals surface area contributed by atoms with E-state index < -0.39 is 6.10 Å². The number of rotatable bonds is 9. The Morgan fingerprint density at radius 2 is 2.26 bits per heavy atom. The van der Waals surface area contributed by atoms with Crippen LogP contribution in [0.3, 0.4) is 0 Å². The largest absolute Gasteiger partial charge is 0.497 e. The van der Waals surface area contributed by atoms with Crippen molar-refractivity contribution in [3.05, 3.63) is 29.8 Å². The van der Waals surface area contributed by atoms with Gasteiger partial charge in [0.1, 0.15) is 5.75 Å². The number of ether oxygens (including phenoxy) is 1. The number of hydrogen-bond acceptors (Lipinski definition) is 4. The molecular weight excluding hydrogens is 244 g/mol. The van der Waals surface area contributed by atoms with E-state index in [2.05, 4.69) is 5.32 Å². The van der Waals surface area contributed by atoms with Crippen molar-refractivity contribution < 1.29 is 14.6 Å². The summed E-state index contributed by atoms with van der Waals surface area (Å²) < 4.78 is 5.11. The topological polar surface area (TPSA) is 84.6 Å². The molecule has 0 saturated carbocycles. The van der Waals surface area contributed by atoms with E-state index in [1.165, 1.54) is 0 Å². The first kappa shape index (κ1) is 15.5. The second-order valence-electron chi connectivity index (χ2n) is 4.42. The van der Waals surface area contributed by atoms with Crippen LogP contribution in [0.25, 0.3) is 0 Å². The summed E-state index contributed by atoms with van der Waals surface area (Å²) in [7, 11) is 1.60. The molecule has 0 saturated heterocycles. The zero-order valence-corrected chi connectivity index (χ0v) is 11.3. The maximum Gasteiger partial charge on any atom is 0.217 e. The van der Waals surface area contributed by atoms with Gasteiger partial charge in [0.15, 0.2) is 0 Å². The number of aliphatic hydroxyl groups excluding tert-OH is 1. The van der Waals surface area contributed by atoms with E-state index in [4.69, 9.17) is 10.5 Å². The van der Waals surface area contributed by atoms with Crippen molar-refractivity contribution in [1.29, 1.82) is 0 Å². The number of carbonyl (C=O) groups is 1. The Morgan fingerprint density at radius 1 is 1.47 bits per heavy atom. The number of nitrogens with one attached hydrogen (secondary N) is 1. The lowest BCUT2D eigenvalue weighted by Gasteiger charge is -2.13. The predicted molar refractivity (Wildman–Crippen MR) is 73.9 cm³/mol. The highest BCUT2D eigenvalue weighted by atomic mass is 16.5. The molecule has 0 radical (unpaired) electrons. The van der Waals surface area contributed by atoms with Crippen LogP contribution in [0.15, 0.2) is 24.3 Å². The minimum Gasteiger partial charge on any atom is -0.497 e. The minimum absolute atomic E-state index is 0.267. The molecule has 4 N–H and O–H groups in total. The first-order valence-electron chi connectivity index (χ1n) is 6.44. The Bertz CT molecular complexity index is 396. The number of aliphatic hydroxyl groups is 1. The standard InChI is InChI=1S/C14H22N2O3/c1-19-12-6-4-5-11(9-12)13(17)10-16-8-3-2-7-14(15)18/h4-6,9,13,16-17H,2-3,7-8,10H2,1H3,(H2,15,18). The van der Waals surface area contributed by atoms with Gasteiger partial charge < -0.3 is 20.9 Å². The number of primary amides is 1. The Kier molecular flexibility index (Phi) is 6.92. The third kappa shape index (κ3) is 6.22. The van der Waals surface area contributed by atoms with Crippen LogP contribution in [0.5, 0.6) is 5.75 Å².